The molecule has 0 aromatic heterocycles. The van der Waals surface area contributed by atoms with E-state index in [1.807, 2.05) is 0 Å². The van der Waals surface area contributed by atoms with E-state index in [2.05, 4.69) is 0 Å². The summed E-state index contributed by atoms with van der Waals surface area (Å²) in [5.74, 6) is -3.15. The van der Waals surface area contributed by atoms with Gasteiger partial charge in [0, 0.05) is 0 Å². The highest BCUT2D eigenvalue weighted by molar-refractivity contribution is 5.83. The molecule has 4 nitrogen and oxygen atoms in total. The molecule has 1 spiro atoms. The van der Waals surface area contributed by atoms with Crippen LogP contribution < -0.4 is 0 Å². The molecule has 0 aliphatic heterocycles. The Labute approximate surface area is 69.2 Å². The Morgan fingerprint density at radius 2 is 1.75 bits per heavy atom. The van der Waals surface area contributed by atoms with E-state index < -0.39 is 23.8 Å². The summed E-state index contributed by atoms with van der Waals surface area (Å²) < 4.78 is 0. The molecule has 66 valence electrons. The predicted octanol–water partition coefficient (Wildman–Crippen LogP) is 0.572. The van der Waals surface area contributed by atoms with Gasteiger partial charge in [-0.1, -0.05) is 0 Å². The van der Waals surface area contributed by atoms with E-state index in [0.717, 1.165) is 12.8 Å². The van der Waals surface area contributed by atoms with E-state index in [9.17, 15) is 9.59 Å². The molecule has 4 heteroatoms. The lowest BCUT2D eigenvalue weighted by Crippen LogP contribution is -2.47. The summed E-state index contributed by atoms with van der Waals surface area (Å²) >= 11 is 0. The zero-order valence-corrected chi connectivity index (χ0v) is 6.49. The first-order chi connectivity index (χ1) is 5.57. The second-order valence-corrected chi connectivity index (χ2v) is 3.83. The fourth-order valence-electron chi connectivity index (χ4n) is 2.29. The van der Waals surface area contributed by atoms with Crippen molar-refractivity contribution < 1.29 is 19.8 Å². The number of hydrogen-bond donors (Lipinski definition) is 2. The number of carboxylic acids is 2. The normalized spacial score (nSPS) is 35.7. The molecule has 2 atom stereocenters. The molecule has 12 heavy (non-hydrogen) atoms. The van der Waals surface area contributed by atoms with E-state index >= 15 is 0 Å². The summed E-state index contributed by atoms with van der Waals surface area (Å²) in [6.45, 7) is 0. The summed E-state index contributed by atoms with van der Waals surface area (Å²) in [5, 5.41) is 17.4. The Kier molecular flexibility index (Phi) is 1.26. The van der Waals surface area contributed by atoms with Crippen LogP contribution in [0.3, 0.4) is 0 Å². The third-order valence-electron chi connectivity index (χ3n) is 3.16. The highest BCUT2D eigenvalue weighted by Gasteiger charge is 2.66. The van der Waals surface area contributed by atoms with Crippen LogP contribution >= 0.6 is 0 Å². The number of hydrogen-bond acceptors (Lipinski definition) is 2. The van der Waals surface area contributed by atoms with Gasteiger partial charge in [-0.2, -0.15) is 0 Å². The molecule has 2 fully saturated rings. The Bertz CT molecular complexity index is 254. The largest absolute Gasteiger partial charge is 0.481 e. The van der Waals surface area contributed by atoms with Crippen molar-refractivity contribution in [3.05, 3.63) is 0 Å². The fourth-order valence-corrected chi connectivity index (χ4v) is 2.29. The van der Waals surface area contributed by atoms with Crippen molar-refractivity contribution in [2.75, 3.05) is 0 Å². The maximum Gasteiger partial charge on any atom is 0.307 e. The zero-order valence-electron chi connectivity index (χ0n) is 6.49. The van der Waals surface area contributed by atoms with Crippen molar-refractivity contribution in [2.45, 2.75) is 19.3 Å². The topological polar surface area (TPSA) is 74.6 Å². The van der Waals surface area contributed by atoms with Crippen molar-refractivity contribution >= 4 is 11.9 Å². The van der Waals surface area contributed by atoms with Crippen LogP contribution in [-0.2, 0) is 9.59 Å². The second kappa shape index (κ2) is 2.00. The lowest BCUT2D eigenvalue weighted by Gasteiger charge is -2.40. The number of aliphatic carboxylic acids is 2. The molecular weight excluding hydrogens is 160 g/mol. The Morgan fingerprint density at radius 3 is 2.08 bits per heavy atom. The van der Waals surface area contributed by atoms with E-state index in [1.54, 1.807) is 0 Å². The van der Waals surface area contributed by atoms with Gasteiger partial charge >= 0.3 is 11.9 Å². The van der Waals surface area contributed by atoms with Crippen molar-refractivity contribution in [3.63, 3.8) is 0 Å². The van der Waals surface area contributed by atoms with Crippen LogP contribution in [0.4, 0.5) is 0 Å². The van der Waals surface area contributed by atoms with Crippen molar-refractivity contribution in [3.8, 4) is 0 Å². The number of carbonyl (C=O) groups is 2. The number of carboxylic acid groups (broad SMARTS) is 2. The second-order valence-electron chi connectivity index (χ2n) is 3.83. The average Bonchev–Trinajstić information content (AvgIpc) is 2.59. The van der Waals surface area contributed by atoms with E-state index in [0.29, 0.717) is 6.42 Å². The van der Waals surface area contributed by atoms with Gasteiger partial charge in [-0.05, 0) is 24.7 Å². The molecule has 0 aromatic rings. The van der Waals surface area contributed by atoms with Crippen LogP contribution in [0, 0.1) is 17.3 Å². The zero-order chi connectivity index (χ0) is 8.93. The summed E-state index contributed by atoms with van der Waals surface area (Å²) in [4.78, 5) is 21.2. The standard InChI is InChI=1S/C8H10O4/c9-6(10)4-3-8(1-2-8)5(4)7(11)12/h4-5H,1-3H2,(H,9,10)(H,11,12)/t4-,5+/m1/s1. The van der Waals surface area contributed by atoms with Crippen LogP contribution in [0.25, 0.3) is 0 Å². The molecule has 0 unspecified atom stereocenters. The van der Waals surface area contributed by atoms with Gasteiger partial charge in [0.25, 0.3) is 0 Å². The quantitative estimate of drug-likeness (QED) is 0.635. The maximum absolute atomic E-state index is 10.7. The summed E-state index contributed by atoms with van der Waals surface area (Å²) in [5.41, 5.74) is -0.116. The molecule has 0 aromatic carbocycles. The first-order valence-electron chi connectivity index (χ1n) is 4.02. The SMILES string of the molecule is O=C(O)[C@@H]1[C@H](C(=O)O)CC12CC2. The molecule has 0 radical (unpaired) electrons. The first kappa shape index (κ1) is 7.58. The molecule has 2 N–H and O–H groups in total. The highest BCUT2D eigenvalue weighted by Crippen LogP contribution is 2.67. The number of rotatable bonds is 2. The predicted molar refractivity (Wildman–Crippen MR) is 38.5 cm³/mol. The van der Waals surface area contributed by atoms with Crippen LogP contribution in [0.5, 0.6) is 0 Å². The monoisotopic (exact) mass is 170 g/mol. The summed E-state index contributed by atoms with van der Waals surface area (Å²) in [7, 11) is 0. The third kappa shape index (κ3) is 0.777. The first-order valence-corrected chi connectivity index (χ1v) is 4.02. The van der Waals surface area contributed by atoms with Crippen molar-refractivity contribution in [2.24, 2.45) is 17.3 Å². The van der Waals surface area contributed by atoms with Crippen molar-refractivity contribution in [1.29, 1.82) is 0 Å². The molecule has 2 saturated carbocycles. The van der Waals surface area contributed by atoms with E-state index in [-0.39, 0.29) is 5.41 Å². The minimum absolute atomic E-state index is 0.116. The summed E-state index contributed by atoms with van der Waals surface area (Å²) in [6.07, 6.45) is 2.36. The van der Waals surface area contributed by atoms with Gasteiger partial charge in [-0.3, -0.25) is 9.59 Å². The molecule has 0 bridgehead atoms. The molecule has 0 saturated heterocycles. The van der Waals surface area contributed by atoms with Gasteiger partial charge in [-0.15, -0.1) is 0 Å². The van der Waals surface area contributed by atoms with Crippen LogP contribution in [0.15, 0.2) is 0 Å². The van der Waals surface area contributed by atoms with Crippen LogP contribution in [0.1, 0.15) is 19.3 Å². The fraction of sp³-hybridized carbons (Fsp3) is 0.750. The van der Waals surface area contributed by atoms with Gasteiger partial charge in [0.1, 0.15) is 0 Å². The Balaban J connectivity index is 2.13. The van der Waals surface area contributed by atoms with E-state index in [1.165, 1.54) is 0 Å². The van der Waals surface area contributed by atoms with Gasteiger partial charge in [-0.25, -0.2) is 0 Å². The van der Waals surface area contributed by atoms with Gasteiger partial charge < -0.3 is 10.2 Å². The lowest BCUT2D eigenvalue weighted by atomic mass is 9.62. The van der Waals surface area contributed by atoms with Gasteiger partial charge in [0.15, 0.2) is 0 Å². The van der Waals surface area contributed by atoms with Crippen LogP contribution in [0.2, 0.25) is 0 Å². The summed E-state index contributed by atoms with van der Waals surface area (Å²) in [6, 6.07) is 0. The highest BCUT2D eigenvalue weighted by atomic mass is 16.4. The minimum Gasteiger partial charge on any atom is -0.481 e. The molecule has 0 amide bonds. The van der Waals surface area contributed by atoms with E-state index in [4.69, 9.17) is 10.2 Å². The molecular formula is C8H10O4. The Hall–Kier alpha value is -1.06. The molecule has 0 heterocycles. The molecule has 2 aliphatic rings. The maximum atomic E-state index is 10.7. The average molecular weight is 170 g/mol. The van der Waals surface area contributed by atoms with Gasteiger partial charge in [0.05, 0.1) is 11.8 Å². The lowest BCUT2D eigenvalue weighted by molar-refractivity contribution is -0.168. The van der Waals surface area contributed by atoms with Gasteiger partial charge in [0.2, 0.25) is 0 Å². The molecule has 2 aliphatic carbocycles. The van der Waals surface area contributed by atoms with Crippen molar-refractivity contribution in [1.82, 2.24) is 0 Å². The smallest absolute Gasteiger partial charge is 0.307 e. The third-order valence-corrected chi connectivity index (χ3v) is 3.16. The van der Waals surface area contributed by atoms with Crippen LogP contribution in [-0.4, -0.2) is 22.2 Å². The molecule has 2 rings (SSSR count). The minimum atomic E-state index is -0.958. The Morgan fingerprint density at radius 1 is 1.17 bits per heavy atom.